The van der Waals surface area contributed by atoms with Crippen LogP contribution in [0, 0.1) is 5.82 Å². The first-order valence-corrected chi connectivity index (χ1v) is 6.73. The number of nitrogens with two attached hydrogens (primary N) is 1. The van der Waals surface area contributed by atoms with Crippen LogP contribution < -0.4 is 5.73 Å². The SMILES string of the molecule is NC(Cc1ccc(-c2ccccc2F)o1)c1ccncc1. The quantitative estimate of drug-likeness (QED) is 0.793. The molecule has 2 heterocycles. The van der Waals surface area contributed by atoms with E-state index in [2.05, 4.69) is 4.98 Å². The van der Waals surface area contributed by atoms with Crippen molar-refractivity contribution < 1.29 is 8.81 Å². The second-order valence-corrected chi connectivity index (χ2v) is 4.84. The molecule has 1 unspecified atom stereocenters. The summed E-state index contributed by atoms with van der Waals surface area (Å²) in [4.78, 5) is 3.97. The maximum Gasteiger partial charge on any atom is 0.137 e. The Balaban J connectivity index is 1.78. The van der Waals surface area contributed by atoms with Gasteiger partial charge in [0.1, 0.15) is 17.3 Å². The molecule has 0 saturated carbocycles. The molecule has 106 valence electrons. The number of furan rings is 1. The summed E-state index contributed by atoms with van der Waals surface area (Å²) in [6.45, 7) is 0. The molecule has 2 aromatic heterocycles. The van der Waals surface area contributed by atoms with Crippen molar-refractivity contribution >= 4 is 0 Å². The molecule has 0 aliphatic carbocycles. The molecular weight excluding hydrogens is 267 g/mol. The molecule has 3 rings (SSSR count). The zero-order chi connectivity index (χ0) is 14.7. The van der Waals surface area contributed by atoms with Gasteiger partial charge in [0, 0.05) is 24.9 Å². The minimum absolute atomic E-state index is 0.173. The van der Waals surface area contributed by atoms with Gasteiger partial charge in [0.2, 0.25) is 0 Å². The largest absolute Gasteiger partial charge is 0.461 e. The maximum absolute atomic E-state index is 13.7. The van der Waals surface area contributed by atoms with Crippen LogP contribution in [0.5, 0.6) is 0 Å². The molecule has 0 bridgehead atoms. The topological polar surface area (TPSA) is 52.0 Å². The van der Waals surface area contributed by atoms with Gasteiger partial charge in [-0.15, -0.1) is 0 Å². The summed E-state index contributed by atoms with van der Waals surface area (Å²) < 4.78 is 19.4. The number of nitrogens with zero attached hydrogens (tertiary/aromatic N) is 1. The van der Waals surface area contributed by atoms with Crippen LogP contribution in [0.15, 0.2) is 65.3 Å². The Morgan fingerprint density at radius 2 is 1.81 bits per heavy atom. The molecule has 0 aliphatic heterocycles. The number of rotatable bonds is 4. The fraction of sp³-hybridized carbons (Fsp3) is 0.118. The molecule has 3 nitrogen and oxygen atoms in total. The highest BCUT2D eigenvalue weighted by Gasteiger charge is 2.12. The first-order chi connectivity index (χ1) is 10.2. The van der Waals surface area contributed by atoms with Crippen molar-refractivity contribution in [1.29, 1.82) is 0 Å². The van der Waals surface area contributed by atoms with Gasteiger partial charge in [0.15, 0.2) is 0 Å². The molecule has 21 heavy (non-hydrogen) atoms. The van der Waals surface area contributed by atoms with E-state index < -0.39 is 0 Å². The van der Waals surface area contributed by atoms with Crippen molar-refractivity contribution in [1.82, 2.24) is 4.98 Å². The summed E-state index contributed by atoms with van der Waals surface area (Å²) in [5.41, 5.74) is 7.60. The summed E-state index contributed by atoms with van der Waals surface area (Å²) in [6, 6.07) is 13.7. The van der Waals surface area contributed by atoms with Gasteiger partial charge >= 0.3 is 0 Å². The maximum atomic E-state index is 13.7. The van der Waals surface area contributed by atoms with Crippen LogP contribution in [0.25, 0.3) is 11.3 Å². The van der Waals surface area contributed by atoms with Crippen molar-refractivity contribution in [2.45, 2.75) is 12.5 Å². The van der Waals surface area contributed by atoms with E-state index in [1.54, 1.807) is 36.7 Å². The second kappa shape index (κ2) is 5.89. The van der Waals surface area contributed by atoms with E-state index in [1.807, 2.05) is 18.2 Å². The third-order valence-corrected chi connectivity index (χ3v) is 3.36. The van der Waals surface area contributed by atoms with Gasteiger partial charge in [-0.3, -0.25) is 4.98 Å². The van der Waals surface area contributed by atoms with E-state index in [0.717, 1.165) is 11.3 Å². The Bertz CT molecular complexity index is 724. The van der Waals surface area contributed by atoms with Gasteiger partial charge in [-0.2, -0.15) is 0 Å². The summed E-state index contributed by atoms with van der Waals surface area (Å²) in [6.07, 6.45) is 3.97. The van der Waals surface area contributed by atoms with Crippen LogP contribution in [-0.2, 0) is 6.42 Å². The van der Waals surface area contributed by atoms with Gasteiger partial charge in [-0.25, -0.2) is 4.39 Å². The van der Waals surface area contributed by atoms with Crippen LogP contribution in [0.1, 0.15) is 17.4 Å². The van der Waals surface area contributed by atoms with Gasteiger partial charge in [-0.05, 0) is 42.0 Å². The average molecular weight is 282 g/mol. The highest BCUT2D eigenvalue weighted by Crippen LogP contribution is 2.26. The molecule has 0 amide bonds. The highest BCUT2D eigenvalue weighted by atomic mass is 19.1. The summed E-state index contributed by atoms with van der Waals surface area (Å²) >= 11 is 0. The molecule has 0 fully saturated rings. The van der Waals surface area contributed by atoms with Crippen LogP contribution in [0.3, 0.4) is 0 Å². The van der Waals surface area contributed by atoms with Gasteiger partial charge in [0.05, 0.1) is 5.56 Å². The van der Waals surface area contributed by atoms with Gasteiger partial charge < -0.3 is 10.2 Å². The molecule has 3 aromatic rings. The molecule has 4 heteroatoms. The number of aromatic nitrogens is 1. The summed E-state index contributed by atoms with van der Waals surface area (Å²) in [7, 11) is 0. The van der Waals surface area contributed by atoms with Crippen molar-refractivity contribution in [3.8, 4) is 11.3 Å². The minimum Gasteiger partial charge on any atom is -0.461 e. The average Bonchev–Trinajstić information content (AvgIpc) is 2.97. The predicted molar refractivity (Wildman–Crippen MR) is 79.0 cm³/mol. The van der Waals surface area contributed by atoms with Crippen molar-refractivity contribution in [3.05, 3.63) is 78.1 Å². The second-order valence-electron chi connectivity index (χ2n) is 4.84. The first kappa shape index (κ1) is 13.5. The lowest BCUT2D eigenvalue weighted by Crippen LogP contribution is -2.12. The molecule has 0 radical (unpaired) electrons. The van der Waals surface area contributed by atoms with Crippen LogP contribution in [0.2, 0.25) is 0 Å². The number of hydrogen-bond donors (Lipinski definition) is 1. The Hall–Kier alpha value is -2.46. The van der Waals surface area contributed by atoms with E-state index in [-0.39, 0.29) is 11.9 Å². The summed E-state index contributed by atoms with van der Waals surface area (Å²) in [5.74, 6) is 0.958. The van der Waals surface area contributed by atoms with Crippen LogP contribution in [-0.4, -0.2) is 4.98 Å². The molecule has 2 N–H and O–H groups in total. The minimum atomic E-state index is -0.295. The molecule has 0 aliphatic rings. The van der Waals surface area contributed by atoms with Crippen molar-refractivity contribution in [2.24, 2.45) is 5.73 Å². The van der Waals surface area contributed by atoms with E-state index in [9.17, 15) is 4.39 Å². The van der Waals surface area contributed by atoms with E-state index in [4.69, 9.17) is 10.2 Å². The lowest BCUT2D eigenvalue weighted by molar-refractivity contribution is 0.496. The third kappa shape index (κ3) is 3.01. The van der Waals surface area contributed by atoms with Crippen LogP contribution >= 0.6 is 0 Å². The smallest absolute Gasteiger partial charge is 0.137 e. The zero-order valence-electron chi connectivity index (χ0n) is 11.4. The lowest BCUT2D eigenvalue weighted by atomic mass is 10.1. The van der Waals surface area contributed by atoms with E-state index in [0.29, 0.717) is 17.7 Å². The highest BCUT2D eigenvalue weighted by molar-refractivity contribution is 5.58. The fourth-order valence-electron chi connectivity index (χ4n) is 2.24. The van der Waals surface area contributed by atoms with Crippen molar-refractivity contribution in [3.63, 3.8) is 0 Å². The molecule has 1 atom stereocenters. The molecule has 1 aromatic carbocycles. The Morgan fingerprint density at radius 3 is 2.57 bits per heavy atom. The molecule has 0 saturated heterocycles. The predicted octanol–water partition coefficient (Wildman–Crippen LogP) is 3.72. The van der Waals surface area contributed by atoms with Crippen LogP contribution in [0.4, 0.5) is 4.39 Å². The Kier molecular flexibility index (Phi) is 3.79. The van der Waals surface area contributed by atoms with Gasteiger partial charge in [-0.1, -0.05) is 12.1 Å². The standard InChI is InChI=1S/C17H15FN2O/c18-15-4-2-1-3-14(15)17-6-5-13(21-17)11-16(19)12-7-9-20-10-8-12/h1-10,16H,11,19H2. The number of benzene rings is 1. The first-order valence-electron chi connectivity index (χ1n) is 6.73. The normalized spacial score (nSPS) is 12.3. The Labute approximate surface area is 122 Å². The number of pyridine rings is 1. The molecule has 0 spiro atoms. The number of hydrogen-bond acceptors (Lipinski definition) is 3. The van der Waals surface area contributed by atoms with E-state index in [1.165, 1.54) is 6.07 Å². The summed E-state index contributed by atoms with van der Waals surface area (Å²) in [5, 5.41) is 0. The van der Waals surface area contributed by atoms with Crippen molar-refractivity contribution in [2.75, 3.05) is 0 Å². The fourth-order valence-corrected chi connectivity index (χ4v) is 2.24. The zero-order valence-corrected chi connectivity index (χ0v) is 11.4. The Morgan fingerprint density at radius 1 is 1.05 bits per heavy atom. The monoisotopic (exact) mass is 282 g/mol. The van der Waals surface area contributed by atoms with E-state index >= 15 is 0 Å². The third-order valence-electron chi connectivity index (χ3n) is 3.36. The number of halogens is 1. The lowest BCUT2D eigenvalue weighted by Gasteiger charge is -2.09. The molecular formula is C17H15FN2O. The van der Waals surface area contributed by atoms with Gasteiger partial charge in [0.25, 0.3) is 0 Å².